The maximum atomic E-state index is 12.6. The number of rotatable bonds is 5. The van der Waals surface area contributed by atoms with Crippen LogP contribution in [0, 0.1) is 6.92 Å². The Bertz CT molecular complexity index is 666. The fraction of sp³-hybridized carbons (Fsp3) is 0.278. The SMILES string of the molecule is COc1cc(C)c(C[C@H](N)C(=O)N(C)c2ccccc2)c(Br)c1. The topological polar surface area (TPSA) is 55.6 Å². The number of carbonyl (C=O) groups is 1. The van der Waals surface area contributed by atoms with E-state index in [9.17, 15) is 4.79 Å². The van der Waals surface area contributed by atoms with Crippen LogP contribution in [0.2, 0.25) is 0 Å². The highest BCUT2D eigenvalue weighted by molar-refractivity contribution is 9.10. The number of hydrogen-bond donors (Lipinski definition) is 1. The predicted molar refractivity (Wildman–Crippen MR) is 97.0 cm³/mol. The molecule has 0 aromatic heterocycles. The van der Waals surface area contributed by atoms with Crippen LogP contribution in [-0.4, -0.2) is 26.1 Å². The zero-order valence-electron chi connectivity index (χ0n) is 13.5. The van der Waals surface area contributed by atoms with Crippen LogP contribution >= 0.6 is 15.9 Å². The van der Waals surface area contributed by atoms with E-state index in [1.54, 1.807) is 19.1 Å². The van der Waals surface area contributed by atoms with Gasteiger partial charge in [-0.1, -0.05) is 34.1 Å². The molecule has 5 heteroatoms. The third-order valence-corrected chi connectivity index (χ3v) is 4.55. The number of para-hydroxylation sites is 1. The van der Waals surface area contributed by atoms with E-state index in [2.05, 4.69) is 15.9 Å². The quantitative estimate of drug-likeness (QED) is 0.870. The van der Waals surface area contributed by atoms with Crippen LogP contribution in [0.1, 0.15) is 11.1 Å². The van der Waals surface area contributed by atoms with Crippen molar-refractivity contribution >= 4 is 27.5 Å². The summed E-state index contributed by atoms with van der Waals surface area (Å²) >= 11 is 3.54. The van der Waals surface area contributed by atoms with Crippen LogP contribution < -0.4 is 15.4 Å². The first-order valence-electron chi connectivity index (χ1n) is 7.35. The summed E-state index contributed by atoms with van der Waals surface area (Å²) in [5.74, 6) is 0.665. The lowest BCUT2D eigenvalue weighted by Crippen LogP contribution is -2.43. The highest BCUT2D eigenvalue weighted by Gasteiger charge is 2.21. The monoisotopic (exact) mass is 376 g/mol. The Kier molecular flexibility index (Phi) is 5.80. The summed E-state index contributed by atoms with van der Waals surface area (Å²) in [6.45, 7) is 1.99. The highest BCUT2D eigenvalue weighted by Crippen LogP contribution is 2.28. The largest absolute Gasteiger partial charge is 0.497 e. The predicted octanol–water partition coefficient (Wildman–Crippen LogP) is 3.30. The normalized spacial score (nSPS) is 11.9. The van der Waals surface area contributed by atoms with Gasteiger partial charge >= 0.3 is 0 Å². The number of nitrogens with two attached hydrogens (primary N) is 1. The van der Waals surface area contributed by atoms with E-state index < -0.39 is 6.04 Å². The molecule has 0 saturated heterocycles. The van der Waals surface area contributed by atoms with Crippen LogP contribution in [0.5, 0.6) is 5.75 Å². The summed E-state index contributed by atoms with van der Waals surface area (Å²) in [6.07, 6.45) is 0.465. The second-order valence-corrected chi connectivity index (χ2v) is 6.30. The van der Waals surface area contributed by atoms with Gasteiger partial charge in [-0.3, -0.25) is 4.79 Å². The average molecular weight is 377 g/mol. The first kappa shape index (κ1) is 17.5. The van der Waals surface area contributed by atoms with Gasteiger partial charge in [0.2, 0.25) is 5.91 Å². The summed E-state index contributed by atoms with van der Waals surface area (Å²) in [7, 11) is 3.37. The van der Waals surface area contributed by atoms with E-state index in [4.69, 9.17) is 10.5 Å². The number of methoxy groups -OCH3 is 1. The van der Waals surface area contributed by atoms with E-state index in [0.29, 0.717) is 6.42 Å². The molecular formula is C18H21BrN2O2. The summed E-state index contributed by atoms with van der Waals surface area (Å²) < 4.78 is 6.15. The van der Waals surface area contributed by atoms with Crippen molar-refractivity contribution in [2.75, 3.05) is 19.1 Å². The molecule has 122 valence electrons. The zero-order chi connectivity index (χ0) is 17.0. The number of benzene rings is 2. The smallest absolute Gasteiger partial charge is 0.243 e. The minimum atomic E-state index is -0.608. The maximum absolute atomic E-state index is 12.6. The van der Waals surface area contributed by atoms with Crippen LogP contribution in [-0.2, 0) is 11.2 Å². The Hall–Kier alpha value is -1.85. The van der Waals surface area contributed by atoms with Gasteiger partial charge in [0.05, 0.1) is 13.2 Å². The van der Waals surface area contributed by atoms with Crippen molar-refractivity contribution in [3.8, 4) is 5.75 Å². The third-order valence-electron chi connectivity index (χ3n) is 3.84. The van der Waals surface area contributed by atoms with Crippen LogP contribution in [0.25, 0.3) is 0 Å². The molecule has 2 aromatic rings. The molecule has 1 amide bonds. The van der Waals surface area contributed by atoms with Crippen LogP contribution in [0.4, 0.5) is 5.69 Å². The van der Waals surface area contributed by atoms with Crippen LogP contribution in [0.3, 0.4) is 0 Å². The molecule has 0 aliphatic carbocycles. The van der Waals surface area contributed by atoms with E-state index >= 15 is 0 Å². The molecule has 0 aliphatic rings. The van der Waals surface area contributed by atoms with Crippen molar-refractivity contribution in [3.63, 3.8) is 0 Å². The van der Waals surface area contributed by atoms with Gasteiger partial charge in [-0.2, -0.15) is 0 Å². The molecule has 0 unspecified atom stereocenters. The molecule has 0 bridgehead atoms. The molecule has 2 rings (SSSR count). The summed E-state index contributed by atoms with van der Waals surface area (Å²) in [5, 5.41) is 0. The number of ether oxygens (including phenoxy) is 1. The molecule has 0 saturated carbocycles. The standard InChI is InChI=1S/C18H21BrN2O2/c1-12-9-14(23-3)10-16(19)15(12)11-17(20)18(22)21(2)13-7-5-4-6-8-13/h4-10,17H,11,20H2,1-3H3/t17-/m0/s1. The second-order valence-electron chi connectivity index (χ2n) is 5.45. The van der Waals surface area contributed by atoms with Gasteiger partial charge in [-0.05, 0) is 48.7 Å². The number of halogens is 1. The number of nitrogens with zero attached hydrogens (tertiary/aromatic N) is 1. The number of amides is 1. The van der Waals surface area contributed by atoms with Crippen molar-refractivity contribution in [3.05, 3.63) is 58.1 Å². The summed E-state index contributed by atoms with van der Waals surface area (Å²) in [4.78, 5) is 14.1. The molecule has 0 heterocycles. The fourth-order valence-corrected chi connectivity index (χ4v) is 3.15. The van der Waals surface area contributed by atoms with Crippen molar-refractivity contribution in [1.82, 2.24) is 0 Å². The molecule has 0 radical (unpaired) electrons. The van der Waals surface area contributed by atoms with Gasteiger partial charge in [0, 0.05) is 17.2 Å². The Balaban J connectivity index is 2.16. The van der Waals surface area contributed by atoms with Crippen LogP contribution in [0.15, 0.2) is 46.9 Å². The average Bonchev–Trinajstić information content (AvgIpc) is 2.57. The van der Waals surface area contributed by atoms with Gasteiger partial charge in [-0.25, -0.2) is 0 Å². The van der Waals surface area contributed by atoms with Crippen molar-refractivity contribution < 1.29 is 9.53 Å². The minimum absolute atomic E-state index is 0.113. The van der Waals surface area contributed by atoms with Crippen molar-refractivity contribution in [2.45, 2.75) is 19.4 Å². The Morgan fingerprint density at radius 3 is 2.52 bits per heavy atom. The molecule has 2 N–H and O–H groups in total. The third kappa shape index (κ3) is 4.12. The van der Waals surface area contributed by atoms with Gasteiger partial charge in [-0.15, -0.1) is 0 Å². The molecule has 2 aromatic carbocycles. The van der Waals surface area contributed by atoms with E-state index in [1.165, 1.54) is 0 Å². The molecule has 0 aliphatic heterocycles. The number of aryl methyl sites for hydroxylation is 1. The van der Waals surface area contributed by atoms with Gasteiger partial charge in [0.1, 0.15) is 5.75 Å². The van der Waals surface area contributed by atoms with E-state index in [1.807, 2.05) is 49.4 Å². The second kappa shape index (κ2) is 7.62. The first-order chi connectivity index (χ1) is 10.9. The maximum Gasteiger partial charge on any atom is 0.243 e. The lowest BCUT2D eigenvalue weighted by atomic mass is 10.0. The summed E-state index contributed by atoms with van der Waals surface area (Å²) in [6, 6.07) is 12.7. The molecular weight excluding hydrogens is 356 g/mol. The van der Waals surface area contributed by atoms with E-state index in [0.717, 1.165) is 27.0 Å². The van der Waals surface area contributed by atoms with Gasteiger partial charge in [0.15, 0.2) is 0 Å². The Morgan fingerprint density at radius 1 is 1.30 bits per heavy atom. The van der Waals surface area contributed by atoms with Crippen molar-refractivity contribution in [1.29, 1.82) is 0 Å². The minimum Gasteiger partial charge on any atom is -0.497 e. The number of anilines is 1. The molecule has 0 spiro atoms. The number of hydrogen-bond acceptors (Lipinski definition) is 3. The highest BCUT2D eigenvalue weighted by atomic mass is 79.9. The summed E-state index contributed by atoms with van der Waals surface area (Å²) in [5.41, 5.74) is 9.05. The zero-order valence-corrected chi connectivity index (χ0v) is 15.1. The first-order valence-corrected chi connectivity index (χ1v) is 8.14. The molecule has 1 atom stereocenters. The molecule has 4 nitrogen and oxygen atoms in total. The lowest BCUT2D eigenvalue weighted by Gasteiger charge is -2.22. The number of carbonyl (C=O) groups excluding carboxylic acids is 1. The number of likely N-dealkylation sites (N-methyl/N-ethyl adjacent to an activating group) is 1. The molecule has 23 heavy (non-hydrogen) atoms. The lowest BCUT2D eigenvalue weighted by molar-refractivity contribution is -0.119. The van der Waals surface area contributed by atoms with Gasteiger partial charge in [0.25, 0.3) is 0 Å². The Morgan fingerprint density at radius 2 is 1.96 bits per heavy atom. The molecule has 0 fully saturated rings. The van der Waals surface area contributed by atoms with Crippen molar-refractivity contribution in [2.24, 2.45) is 5.73 Å². The fourth-order valence-electron chi connectivity index (χ4n) is 2.45. The Labute approximate surface area is 145 Å². The van der Waals surface area contributed by atoms with Gasteiger partial charge < -0.3 is 15.4 Å². The van der Waals surface area contributed by atoms with E-state index in [-0.39, 0.29) is 5.91 Å².